The first-order valence-electron chi connectivity index (χ1n) is 10.9. The van der Waals surface area contributed by atoms with Crippen molar-refractivity contribution in [2.75, 3.05) is 6.54 Å². The van der Waals surface area contributed by atoms with Crippen LogP contribution < -0.4 is 21.7 Å². The molecule has 0 heterocycles. The number of carbonyl (C=O) groups is 3. The number of amides is 3. The van der Waals surface area contributed by atoms with Gasteiger partial charge in [-0.15, -0.1) is 0 Å². The van der Waals surface area contributed by atoms with Crippen molar-refractivity contribution in [3.05, 3.63) is 0 Å². The second kappa shape index (κ2) is 12.8. The van der Waals surface area contributed by atoms with Gasteiger partial charge in [0, 0.05) is 6.54 Å². The quantitative estimate of drug-likeness (QED) is 0.427. The molecule has 0 aliphatic heterocycles. The van der Waals surface area contributed by atoms with Gasteiger partial charge in [-0.25, -0.2) is 0 Å². The zero-order chi connectivity index (χ0) is 21.1. The first-order chi connectivity index (χ1) is 13.3. The van der Waals surface area contributed by atoms with Crippen LogP contribution in [0.4, 0.5) is 0 Å². The Morgan fingerprint density at radius 3 is 2.07 bits per heavy atom. The summed E-state index contributed by atoms with van der Waals surface area (Å²) in [5.74, 6) is -0.0635. The molecule has 1 aliphatic carbocycles. The van der Waals surface area contributed by atoms with Crippen molar-refractivity contribution >= 4 is 17.7 Å². The standard InChI is InChI=1S/C21H40N4O3/c1-5-17(21(28)25-18(12-14(3)4)20(27)23-6-2)24-19(26)16(22)13-15-10-8-7-9-11-15/h14-18H,5-13,22H2,1-4H3,(H,23,27)(H,24,26)(H,25,28)/t16-,17-,18?/m0/s1. The Morgan fingerprint density at radius 1 is 0.929 bits per heavy atom. The highest BCUT2D eigenvalue weighted by atomic mass is 16.2. The predicted molar refractivity (Wildman–Crippen MR) is 111 cm³/mol. The maximum Gasteiger partial charge on any atom is 0.243 e. The van der Waals surface area contributed by atoms with Crippen molar-refractivity contribution in [2.45, 2.75) is 97.2 Å². The minimum Gasteiger partial charge on any atom is -0.355 e. The van der Waals surface area contributed by atoms with Crippen LogP contribution in [0.15, 0.2) is 0 Å². The molecular weight excluding hydrogens is 356 g/mol. The fraction of sp³-hybridized carbons (Fsp3) is 0.857. The van der Waals surface area contributed by atoms with Crippen LogP contribution in [0.3, 0.4) is 0 Å². The molecule has 7 heteroatoms. The molecule has 3 amide bonds. The van der Waals surface area contributed by atoms with E-state index < -0.39 is 18.1 Å². The molecule has 1 fully saturated rings. The van der Waals surface area contributed by atoms with E-state index >= 15 is 0 Å². The van der Waals surface area contributed by atoms with Crippen molar-refractivity contribution in [2.24, 2.45) is 17.6 Å². The molecule has 1 rings (SSSR count). The average Bonchev–Trinajstić information content (AvgIpc) is 2.65. The molecule has 5 N–H and O–H groups in total. The van der Waals surface area contributed by atoms with Crippen molar-refractivity contribution in [1.29, 1.82) is 0 Å². The SMILES string of the molecule is CCNC(=O)C(CC(C)C)NC(=O)[C@H](CC)NC(=O)[C@@H](N)CC1CCCCC1. The third kappa shape index (κ3) is 8.59. The lowest BCUT2D eigenvalue weighted by Gasteiger charge is -2.26. The number of hydrogen-bond donors (Lipinski definition) is 4. The van der Waals surface area contributed by atoms with Gasteiger partial charge in [0.05, 0.1) is 6.04 Å². The third-order valence-electron chi connectivity index (χ3n) is 5.38. The molecule has 1 unspecified atom stereocenters. The maximum absolute atomic E-state index is 12.7. The summed E-state index contributed by atoms with van der Waals surface area (Å²) in [7, 11) is 0. The highest BCUT2D eigenvalue weighted by Crippen LogP contribution is 2.27. The average molecular weight is 397 g/mol. The van der Waals surface area contributed by atoms with Crippen LogP contribution >= 0.6 is 0 Å². The topological polar surface area (TPSA) is 113 Å². The zero-order valence-electron chi connectivity index (χ0n) is 18.1. The van der Waals surface area contributed by atoms with E-state index in [4.69, 9.17) is 5.73 Å². The Morgan fingerprint density at radius 2 is 1.54 bits per heavy atom. The maximum atomic E-state index is 12.7. The fourth-order valence-electron chi connectivity index (χ4n) is 3.79. The second-order valence-electron chi connectivity index (χ2n) is 8.40. The summed E-state index contributed by atoms with van der Waals surface area (Å²) in [5.41, 5.74) is 6.10. The fourth-order valence-corrected chi connectivity index (χ4v) is 3.79. The van der Waals surface area contributed by atoms with Crippen molar-refractivity contribution in [1.82, 2.24) is 16.0 Å². The van der Waals surface area contributed by atoms with Gasteiger partial charge in [-0.1, -0.05) is 52.9 Å². The van der Waals surface area contributed by atoms with Gasteiger partial charge in [-0.2, -0.15) is 0 Å². The van der Waals surface area contributed by atoms with Crippen LogP contribution in [0.5, 0.6) is 0 Å². The normalized spacial score (nSPS) is 18.2. The first kappa shape index (κ1) is 24.4. The molecule has 1 saturated carbocycles. The largest absolute Gasteiger partial charge is 0.355 e. The predicted octanol–water partition coefficient (Wildman–Crippen LogP) is 1.85. The van der Waals surface area contributed by atoms with Crippen LogP contribution in [0.1, 0.15) is 79.1 Å². The lowest BCUT2D eigenvalue weighted by atomic mass is 9.85. The minimum absolute atomic E-state index is 0.195. The number of rotatable bonds is 11. The van der Waals surface area contributed by atoms with E-state index in [1.807, 2.05) is 27.7 Å². The smallest absolute Gasteiger partial charge is 0.243 e. The van der Waals surface area contributed by atoms with Crippen LogP contribution in [0.25, 0.3) is 0 Å². The summed E-state index contributed by atoms with van der Waals surface area (Å²) in [6.07, 6.45) is 7.58. The minimum atomic E-state index is -0.686. The summed E-state index contributed by atoms with van der Waals surface area (Å²) in [6, 6.07) is -1.89. The third-order valence-corrected chi connectivity index (χ3v) is 5.38. The van der Waals surface area contributed by atoms with E-state index in [2.05, 4.69) is 16.0 Å². The van der Waals surface area contributed by atoms with Gasteiger partial charge in [0.1, 0.15) is 12.1 Å². The molecule has 0 aromatic heterocycles. The van der Waals surface area contributed by atoms with Crippen molar-refractivity contribution in [3.8, 4) is 0 Å². The summed E-state index contributed by atoms with van der Waals surface area (Å²) in [5, 5.41) is 8.34. The second-order valence-corrected chi connectivity index (χ2v) is 8.40. The highest BCUT2D eigenvalue weighted by molar-refractivity contribution is 5.92. The number of likely N-dealkylation sites (N-methyl/N-ethyl adjacent to an activating group) is 1. The molecule has 0 aromatic rings. The zero-order valence-corrected chi connectivity index (χ0v) is 18.1. The molecule has 7 nitrogen and oxygen atoms in total. The monoisotopic (exact) mass is 396 g/mol. The lowest BCUT2D eigenvalue weighted by molar-refractivity contribution is -0.132. The van der Waals surface area contributed by atoms with Gasteiger partial charge in [-0.3, -0.25) is 14.4 Å². The van der Waals surface area contributed by atoms with Gasteiger partial charge < -0.3 is 21.7 Å². The van der Waals surface area contributed by atoms with Crippen molar-refractivity contribution in [3.63, 3.8) is 0 Å². The number of hydrogen-bond acceptors (Lipinski definition) is 4. The Labute approximate surface area is 170 Å². The van der Waals surface area contributed by atoms with Gasteiger partial charge in [-0.05, 0) is 38.0 Å². The molecule has 28 heavy (non-hydrogen) atoms. The van der Waals surface area contributed by atoms with Crippen LogP contribution in [-0.4, -0.2) is 42.4 Å². The summed E-state index contributed by atoms with van der Waals surface area (Å²) >= 11 is 0. The summed E-state index contributed by atoms with van der Waals surface area (Å²) < 4.78 is 0. The van der Waals surface area contributed by atoms with Crippen LogP contribution in [-0.2, 0) is 14.4 Å². The number of nitrogens with one attached hydrogen (secondary N) is 3. The molecule has 3 atom stereocenters. The van der Waals surface area contributed by atoms with E-state index in [1.54, 1.807) is 0 Å². The van der Waals surface area contributed by atoms with E-state index in [9.17, 15) is 14.4 Å². The summed E-state index contributed by atoms with van der Waals surface area (Å²) in [4.78, 5) is 37.4. The van der Waals surface area contributed by atoms with Crippen molar-refractivity contribution < 1.29 is 14.4 Å². The van der Waals surface area contributed by atoms with Gasteiger partial charge in [0.25, 0.3) is 0 Å². The van der Waals surface area contributed by atoms with E-state index in [-0.39, 0.29) is 23.6 Å². The van der Waals surface area contributed by atoms with Gasteiger partial charge >= 0.3 is 0 Å². The van der Waals surface area contributed by atoms with E-state index in [0.717, 1.165) is 12.8 Å². The molecule has 1 aliphatic rings. The molecule has 162 valence electrons. The highest BCUT2D eigenvalue weighted by Gasteiger charge is 2.28. The van der Waals surface area contributed by atoms with E-state index in [0.29, 0.717) is 31.7 Å². The number of carbonyl (C=O) groups excluding carboxylic acids is 3. The molecule has 0 saturated heterocycles. The molecular formula is C21H40N4O3. The molecule has 0 radical (unpaired) electrons. The molecule has 0 aromatic carbocycles. The first-order valence-corrected chi connectivity index (χ1v) is 10.9. The molecule has 0 spiro atoms. The Balaban J connectivity index is 2.61. The lowest BCUT2D eigenvalue weighted by Crippen LogP contribution is -2.56. The van der Waals surface area contributed by atoms with E-state index in [1.165, 1.54) is 19.3 Å². The Kier molecular flexibility index (Phi) is 11.1. The Bertz CT molecular complexity index is 504. The van der Waals surface area contributed by atoms with Crippen LogP contribution in [0, 0.1) is 11.8 Å². The van der Waals surface area contributed by atoms with Gasteiger partial charge in [0.2, 0.25) is 17.7 Å². The molecule has 0 bridgehead atoms. The summed E-state index contributed by atoms with van der Waals surface area (Å²) in [6.45, 7) is 8.19. The number of nitrogens with two attached hydrogens (primary N) is 1. The van der Waals surface area contributed by atoms with Crippen LogP contribution in [0.2, 0.25) is 0 Å². The Hall–Kier alpha value is -1.63. The van der Waals surface area contributed by atoms with Gasteiger partial charge in [0.15, 0.2) is 0 Å².